The van der Waals surface area contributed by atoms with Gasteiger partial charge in [-0.1, -0.05) is 38.1 Å². The summed E-state index contributed by atoms with van der Waals surface area (Å²) in [7, 11) is 1.50. The largest absolute Gasteiger partial charge is 0.495 e. The molecule has 0 saturated heterocycles. The van der Waals surface area contributed by atoms with Crippen LogP contribution in [0, 0.1) is 6.92 Å². The van der Waals surface area contributed by atoms with Gasteiger partial charge in [0, 0.05) is 18.5 Å². The molecular weight excluding hydrogens is 484 g/mol. The molecule has 200 valence electrons. The number of methoxy groups -OCH3 is 1. The van der Waals surface area contributed by atoms with Gasteiger partial charge < -0.3 is 24.8 Å². The Hall–Kier alpha value is -4.33. The Morgan fingerprint density at radius 1 is 0.842 bits per heavy atom. The summed E-state index contributed by atoms with van der Waals surface area (Å²) in [6, 6.07) is 20.2. The predicted molar refractivity (Wildman–Crippen MR) is 147 cm³/mol. The zero-order chi connectivity index (χ0) is 27.5. The fraction of sp³-hybridized carbons (Fsp3) is 0.300. The van der Waals surface area contributed by atoms with E-state index in [1.165, 1.54) is 7.11 Å². The van der Waals surface area contributed by atoms with E-state index >= 15 is 0 Å². The van der Waals surface area contributed by atoms with Gasteiger partial charge in [0.05, 0.1) is 12.8 Å². The smallest absolute Gasteiger partial charge is 0.306 e. The minimum absolute atomic E-state index is 0.0246. The van der Waals surface area contributed by atoms with Gasteiger partial charge in [0.15, 0.2) is 6.61 Å². The van der Waals surface area contributed by atoms with Crippen LogP contribution in [0.5, 0.6) is 17.2 Å². The topological polar surface area (TPSA) is 103 Å². The maximum Gasteiger partial charge on any atom is 0.306 e. The van der Waals surface area contributed by atoms with Crippen molar-refractivity contribution in [3.63, 3.8) is 0 Å². The van der Waals surface area contributed by atoms with Crippen molar-refractivity contribution in [2.75, 3.05) is 24.4 Å². The van der Waals surface area contributed by atoms with Gasteiger partial charge in [-0.3, -0.25) is 14.4 Å². The number of para-hydroxylation sites is 2. The molecule has 0 bridgehead atoms. The second-order valence-electron chi connectivity index (χ2n) is 9.13. The Kier molecular flexibility index (Phi) is 10.3. The van der Waals surface area contributed by atoms with E-state index < -0.39 is 18.5 Å². The van der Waals surface area contributed by atoms with Gasteiger partial charge in [0.25, 0.3) is 5.91 Å². The van der Waals surface area contributed by atoms with E-state index in [0.717, 1.165) is 16.9 Å². The van der Waals surface area contributed by atoms with Gasteiger partial charge in [-0.15, -0.1) is 0 Å². The average Bonchev–Trinajstić information content (AvgIpc) is 2.89. The van der Waals surface area contributed by atoms with Gasteiger partial charge in [0.1, 0.15) is 17.2 Å². The van der Waals surface area contributed by atoms with Gasteiger partial charge in [0.2, 0.25) is 5.91 Å². The van der Waals surface area contributed by atoms with Crippen molar-refractivity contribution in [1.82, 2.24) is 0 Å². The molecule has 2 N–H and O–H groups in total. The molecule has 0 saturated carbocycles. The Bertz CT molecular complexity index is 1250. The molecule has 0 aliphatic rings. The second-order valence-corrected chi connectivity index (χ2v) is 9.13. The number of hydrogen-bond acceptors (Lipinski definition) is 6. The highest BCUT2D eigenvalue weighted by molar-refractivity contribution is 5.94. The Balaban J connectivity index is 1.38. The zero-order valence-electron chi connectivity index (χ0n) is 22.2. The number of hydrogen-bond donors (Lipinski definition) is 2. The van der Waals surface area contributed by atoms with Crippen molar-refractivity contribution < 1.29 is 28.6 Å². The summed E-state index contributed by atoms with van der Waals surface area (Å²) in [5.41, 5.74) is 3.37. The molecule has 38 heavy (non-hydrogen) atoms. The molecule has 0 aliphatic carbocycles. The van der Waals surface area contributed by atoms with E-state index in [2.05, 4.69) is 36.6 Å². The Morgan fingerprint density at radius 2 is 1.58 bits per heavy atom. The van der Waals surface area contributed by atoms with Crippen LogP contribution in [0.1, 0.15) is 50.2 Å². The van der Waals surface area contributed by atoms with Crippen molar-refractivity contribution in [2.24, 2.45) is 0 Å². The van der Waals surface area contributed by atoms with Gasteiger partial charge in [-0.25, -0.2) is 0 Å². The van der Waals surface area contributed by atoms with Gasteiger partial charge in [-0.05, 0) is 72.9 Å². The maximum atomic E-state index is 12.3. The lowest BCUT2D eigenvalue weighted by Crippen LogP contribution is -2.21. The van der Waals surface area contributed by atoms with Crippen LogP contribution < -0.4 is 20.1 Å². The summed E-state index contributed by atoms with van der Waals surface area (Å²) in [4.78, 5) is 36.3. The minimum atomic E-state index is -0.550. The third-order valence-electron chi connectivity index (χ3n) is 5.69. The fourth-order valence-electron chi connectivity index (χ4n) is 3.71. The molecule has 0 aliphatic heterocycles. The van der Waals surface area contributed by atoms with Crippen LogP contribution in [0.2, 0.25) is 0 Å². The quantitative estimate of drug-likeness (QED) is 0.276. The lowest BCUT2D eigenvalue weighted by atomic mass is 10.0. The molecular formula is C30H34N2O6. The number of carbonyl (C=O) groups excluding carboxylic acids is 3. The lowest BCUT2D eigenvalue weighted by Gasteiger charge is -2.15. The molecule has 3 aromatic rings. The summed E-state index contributed by atoms with van der Waals surface area (Å²) in [6.07, 6.45) is 0.462. The van der Waals surface area contributed by atoms with Crippen molar-refractivity contribution in [2.45, 2.75) is 46.0 Å². The number of aryl methyl sites for hydroxylation is 1. The third kappa shape index (κ3) is 8.65. The second kappa shape index (κ2) is 13.8. The fourth-order valence-corrected chi connectivity index (χ4v) is 3.71. The molecule has 2 amide bonds. The van der Waals surface area contributed by atoms with Gasteiger partial charge >= 0.3 is 5.97 Å². The normalized spacial score (nSPS) is 10.6. The molecule has 8 nitrogen and oxygen atoms in total. The molecule has 3 aromatic carbocycles. The van der Waals surface area contributed by atoms with E-state index in [4.69, 9.17) is 14.2 Å². The van der Waals surface area contributed by atoms with Crippen LogP contribution in [0.3, 0.4) is 0 Å². The van der Waals surface area contributed by atoms with Gasteiger partial charge in [-0.2, -0.15) is 0 Å². The summed E-state index contributed by atoms with van der Waals surface area (Å²) in [5.74, 6) is 1.08. The summed E-state index contributed by atoms with van der Waals surface area (Å²) in [5, 5.41) is 5.44. The predicted octanol–water partition coefficient (Wildman–Crippen LogP) is 6.21. The van der Waals surface area contributed by atoms with E-state index in [1.54, 1.807) is 48.5 Å². The van der Waals surface area contributed by atoms with Crippen LogP contribution in [-0.2, 0) is 19.1 Å². The van der Waals surface area contributed by atoms with Crippen molar-refractivity contribution in [3.8, 4) is 17.2 Å². The van der Waals surface area contributed by atoms with E-state index in [9.17, 15) is 14.4 Å². The van der Waals surface area contributed by atoms with Crippen molar-refractivity contribution >= 4 is 29.2 Å². The van der Waals surface area contributed by atoms with Crippen LogP contribution in [0.4, 0.5) is 11.4 Å². The number of ether oxygens (including phenoxy) is 3. The molecule has 0 heterocycles. The number of esters is 1. The lowest BCUT2D eigenvalue weighted by molar-refractivity contribution is -0.147. The number of amides is 2. The van der Waals surface area contributed by atoms with E-state index in [1.807, 2.05) is 13.0 Å². The summed E-state index contributed by atoms with van der Waals surface area (Å²) >= 11 is 0. The van der Waals surface area contributed by atoms with Crippen LogP contribution in [0.25, 0.3) is 0 Å². The van der Waals surface area contributed by atoms with Crippen molar-refractivity contribution in [1.29, 1.82) is 0 Å². The first-order valence-electron chi connectivity index (χ1n) is 12.5. The highest BCUT2D eigenvalue weighted by Gasteiger charge is 2.12. The molecule has 0 spiro atoms. The molecule has 3 rings (SSSR count). The first-order valence-corrected chi connectivity index (χ1v) is 12.5. The molecule has 0 aromatic heterocycles. The van der Waals surface area contributed by atoms with Crippen LogP contribution in [-0.4, -0.2) is 31.5 Å². The molecule has 0 fully saturated rings. The standard InChI is InChI=1S/C30H34N2O6/c1-20(2)24-17-12-21(3)18-27(24)38-23-15-13-22(14-16-23)31-28(33)10-7-11-30(35)37-19-29(34)32-25-8-5-6-9-26(25)36-4/h5-6,8-9,12-18,20H,7,10-11,19H2,1-4H3,(H,31,33)(H,32,34). The molecule has 8 heteroatoms. The summed E-state index contributed by atoms with van der Waals surface area (Å²) in [6.45, 7) is 5.85. The number of anilines is 2. The molecule has 0 atom stereocenters. The maximum absolute atomic E-state index is 12.3. The first kappa shape index (κ1) is 28.2. The van der Waals surface area contributed by atoms with E-state index in [-0.39, 0.29) is 18.7 Å². The van der Waals surface area contributed by atoms with Crippen LogP contribution >= 0.6 is 0 Å². The monoisotopic (exact) mass is 518 g/mol. The van der Waals surface area contributed by atoms with Crippen LogP contribution in [0.15, 0.2) is 66.7 Å². The summed E-state index contributed by atoms with van der Waals surface area (Å²) < 4.78 is 16.3. The SMILES string of the molecule is COc1ccccc1NC(=O)COC(=O)CCCC(=O)Nc1ccc(Oc2cc(C)ccc2C(C)C)cc1. The third-order valence-corrected chi connectivity index (χ3v) is 5.69. The average molecular weight is 519 g/mol. The Labute approximate surface area is 223 Å². The minimum Gasteiger partial charge on any atom is -0.495 e. The number of benzene rings is 3. The molecule has 0 radical (unpaired) electrons. The molecule has 0 unspecified atom stereocenters. The van der Waals surface area contributed by atoms with Crippen molar-refractivity contribution in [3.05, 3.63) is 77.9 Å². The zero-order valence-corrected chi connectivity index (χ0v) is 22.2. The number of nitrogens with one attached hydrogen (secondary N) is 2. The first-order chi connectivity index (χ1) is 18.2. The van der Waals surface area contributed by atoms with E-state index in [0.29, 0.717) is 35.2 Å². The highest BCUT2D eigenvalue weighted by atomic mass is 16.5. The number of rotatable bonds is 12. The highest BCUT2D eigenvalue weighted by Crippen LogP contribution is 2.32. The Morgan fingerprint density at radius 3 is 2.29 bits per heavy atom. The number of carbonyl (C=O) groups is 3.